The number of nitrogens with zero attached hydrogens (tertiary/aromatic N) is 1. The molecule has 1 aliphatic carbocycles. The molecule has 0 saturated carbocycles. The number of Topliss-reactive ketones (excluding diaryl/α,β-unsaturated/α-hetero) is 1. The number of hydrogen-bond donors (Lipinski definition) is 0. The third kappa shape index (κ3) is 3.42. The number of carbonyl (C=O) groups is 2. The van der Waals surface area contributed by atoms with Crippen LogP contribution in [0.3, 0.4) is 0 Å². The lowest BCUT2D eigenvalue weighted by atomic mass is 9.71. The average Bonchev–Trinajstić information content (AvgIpc) is 3.26. The molecule has 0 saturated heterocycles. The van der Waals surface area contributed by atoms with Crippen LogP contribution < -0.4 is 4.74 Å². The van der Waals surface area contributed by atoms with Gasteiger partial charge in [-0.05, 0) is 36.4 Å². The quantitative estimate of drug-likeness (QED) is 0.697. The monoisotopic (exact) mass is 409 g/mol. The molecule has 150 valence electrons. The molecule has 5 nitrogen and oxygen atoms in total. The van der Waals surface area contributed by atoms with E-state index in [1.807, 2.05) is 48.7 Å². The zero-order chi connectivity index (χ0) is 20.5. The summed E-state index contributed by atoms with van der Waals surface area (Å²) in [6, 6.07) is 11.7. The number of benzene rings is 1. The number of esters is 1. The third-order valence-corrected chi connectivity index (χ3v) is 6.73. The van der Waals surface area contributed by atoms with Gasteiger partial charge >= 0.3 is 5.97 Å². The van der Waals surface area contributed by atoms with E-state index in [9.17, 15) is 9.59 Å². The number of para-hydroxylation sites is 1. The SMILES string of the molecule is COC(=O)C1C(C)=NC2=C(C(=O)C[C@@H](c3ccccc3OC)C2)[C@@H]1c1cccs1. The summed E-state index contributed by atoms with van der Waals surface area (Å²) in [5.41, 5.74) is 3.17. The highest BCUT2D eigenvalue weighted by molar-refractivity contribution is 7.10. The average molecular weight is 410 g/mol. The van der Waals surface area contributed by atoms with Gasteiger partial charge in [-0.2, -0.15) is 0 Å². The lowest BCUT2D eigenvalue weighted by Crippen LogP contribution is -2.37. The molecular formula is C23H23NO4S. The van der Waals surface area contributed by atoms with E-state index in [2.05, 4.69) is 0 Å². The summed E-state index contributed by atoms with van der Waals surface area (Å²) in [5.74, 6) is -0.410. The maximum Gasteiger partial charge on any atom is 0.315 e. The summed E-state index contributed by atoms with van der Waals surface area (Å²) in [5, 5.41) is 1.97. The molecule has 6 heteroatoms. The van der Waals surface area contributed by atoms with Gasteiger partial charge in [-0.1, -0.05) is 24.3 Å². The Hall–Kier alpha value is -2.73. The van der Waals surface area contributed by atoms with Crippen molar-refractivity contribution in [2.75, 3.05) is 14.2 Å². The van der Waals surface area contributed by atoms with E-state index < -0.39 is 5.92 Å². The van der Waals surface area contributed by atoms with Crippen LogP contribution in [0.25, 0.3) is 0 Å². The number of methoxy groups -OCH3 is 2. The summed E-state index contributed by atoms with van der Waals surface area (Å²) in [6.45, 7) is 1.85. The highest BCUT2D eigenvalue weighted by Gasteiger charge is 2.45. The van der Waals surface area contributed by atoms with Gasteiger partial charge in [0, 0.05) is 40.1 Å². The summed E-state index contributed by atoms with van der Waals surface area (Å²) in [6.07, 6.45) is 1.03. The smallest absolute Gasteiger partial charge is 0.315 e. The molecule has 4 rings (SSSR count). The molecular weight excluding hydrogens is 386 g/mol. The molecule has 0 amide bonds. The minimum Gasteiger partial charge on any atom is -0.496 e. The minimum atomic E-state index is -0.566. The van der Waals surface area contributed by atoms with Gasteiger partial charge in [0.2, 0.25) is 0 Å². The fourth-order valence-electron chi connectivity index (χ4n) is 4.49. The first-order valence-corrected chi connectivity index (χ1v) is 10.5. The van der Waals surface area contributed by atoms with E-state index in [0.29, 0.717) is 24.1 Å². The van der Waals surface area contributed by atoms with Crippen molar-refractivity contribution in [1.82, 2.24) is 0 Å². The highest BCUT2D eigenvalue weighted by Crippen LogP contribution is 2.48. The zero-order valence-corrected chi connectivity index (χ0v) is 17.5. The number of allylic oxidation sites excluding steroid dienone is 2. The predicted octanol–water partition coefficient (Wildman–Crippen LogP) is 4.50. The molecule has 2 aromatic rings. The summed E-state index contributed by atoms with van der Waals surface area (Å²) >= 11 is 1.55. The van der Waals surface area contributed by atoms with Crippen LogP contribution in [0.2, 0.25) is 0 Å². The van der Waals surface area contributed by atoms with Crippen LogP contribution in [0.15, 0.2) is 58.0 Å². The van der Waals surface area contributed by atoms with Gasteiger partial charge in [0.05, 0.1) is 14.2 Å². The summed E-state index contributed by atoms with van der Waals surface area (Å²) in [7, 11) is 3.02. The number of thiophene rings is 1. The van der Waals surface area contributed by atoms with E-state index in [1.54, 1.807) is 18.4 Å². The molecule has 0 bridgehead atoms. The first kappa shape index (κ1) is 19.6. The number of rotatable bonds is 4. The van der Waals surface area contributed by atoms with Gasteiger partial charge in [0.15, 0.2) is 5.78 Å². The van der Waals surface area contributed by atoms with Crippen molar-refractivity contribution in [3.63, 3.8) is 0 Å². The molecule has 0 spiro atoms. The van der Waals surface area contributed by atoms with Crippen molar-refractivity contribution in [3.05, 3.63) is 63.5 Å². The Balaban J connectivity index is 1.79. The molecule has 3 atom stereocenters. The van der Waals surface area contributed by atoms with Crippen molar-refractivity contribution < 1.29 is 19.1 Å². The number of ether oxygens (including phenoxy) is 2. The van der Waals surface area contributed by atoms with Crippen LogP contribution in [-0.2, 0) is 14.3 Å². The summed E-state index contributed by atoms with van der Waals surface area (Å²) in [4.78, 5) is 31.7. The second kappa shape index (κ2) is 7.95. The molecule has 0 N–H and O–H groups in total. The standard InChI is InChI=1S/C23H23NO4S/c1-13-20(23(26)28-3)22(19-9-6-10-29-19)21-16(24-13)11-14(12-17(21)25)15-7-4-5-8-18(15)27-2/h4-10,14,20,22H,11-12H2,1-3H3/t14-,20?,22+/m0/s1. The van der Waals surface area contributed by atoms with Crippen molar-refractivity contribution >= 4 is 28.8 Å². The normalized spacial score (nSPS) is 24.0. The van der Waals surface area contributed by atoms with E-state index in [1.165, 1.54) is 7.11 Å². The Morgan fingerprint density at radius 2 is 1.93 bits per heavy atom. The van der Waals surface area contributed by atoms with E-state index in [4.69, 9.17) is 14.5 Å². The van der Waals surface area contributed by atoms with Crippen LogP contribution in [0.1, 0.15) is 42.0 Å². The van der Waals surface area contributed by atoms with E-state index >= 15 is 0 Å². The number of aliphatic imine (C=N–C) groups is 1. The van der Waals surface area contributed by atoms with Crippen LogP contribution in [0.5, 0.6) is 5.75 Å². The van der Waals surface area contributed by atoms with E-state index in [0.717, 1.165) is 21.9 Å². The van der Waals surface area contributed by atoms with Gasteiger partial charge in [-0.3, -0.25) is 14.6 Å². The molecule has 29 heavy (non-hydrogen) atoms. The van der Waals surface area contributed by atoms with Gasteiger partial charge < -0.3 is 9.47 Å². The minimum absolute atomic E-state index is 0.00705. The molecule has 0 radical (unpaired) electrons. The van der Waals surface area contributed by atoms with Crippen LogP contribution >= 0.6 is 11.3 Å². The maximum absolute atomic E-state index is 13.4. The Morgan fingerprint density at radius 1 is 1.14 bits per heavy atom. The van der Waals surface area contributed by atoms with Gasteiger partial charge in [-0.15, -0.1) is 11.3 Å². The fraction of sp³-hybridized carbons (Fsp3) is 0.348. The third-order valence-electron chi connectivity index (χ3n) is 5.77. The molecule has 1 aromatic carbocycles. The molecule has 1 unspecified atom stereocenters. The van der Waals surface area contributed by atoms with Gasteiger partial charge in [-0.25, -0.2) is 0 Å². The second-order valence-corrected chi connectivity index (χ2v) is 8.36. The first-order chi connectivity index (χ1) is 14.0. The van der Waals surface area contributed by atoms with Crippen LogP contribution in [-0.4, -0.2) is 31.7 Å². The Labute approximate surface area is 174 Å². The van der Waals surface area contributed by atoms with Gasteiger partial charge in [0.25, 0.3) is 0 Å². The zero-order valence-electron chi connectivity index (χ0n) is 16.7. The first-order valence-electron chi connectivity index (χ1n) is 9.60. The number of carbonyl (C=O) groups excluding carboxylic acids is 2. The second-order valence-electron chi connectivity index (χ2n) is 7.38. The van der Waals surface area contributed by atoms with Crippen molar-refractivity contribution in [3.8, 4) is 5.75 Å². The largest absolute Gasteiger partial charge is 0.496 e. The molecule has 2 aliphatic rings. The van der Waals surface area contributed by atoms with Gasteiger partial charge in [0.1, 0.15) is 11.7 Å². The van der Waals surface area contributed by atoms with Crippen molar-refractivity contribution in [2.45, 2.75) is 31.6 Å². The summed E-state index contributed by atoms with van der Waals surface area (Å²) < 4.78 is 10.6. The Morgan fingerprint density at radius 3 is 2.62 bits per heavy atom. The van der Waals surface area contributed by atoms with E-state index in [-0.39, 0.29) is 23.6 Å². The van der Waals surface area contributed by atoms with Crippen molar-refractivity contribution in [1.29, 1.82) is 0 Å². The Kier molecular flexibility index (Phi) is 5.37. The van der Waals surface area contributed by atoms with Crippen LogP contribution in [0, 0.1) is 5.92 Å². The number of hydrogen-bond acceptors (Lipinski definition) is 6. The molecule has 2 heterocycles. The predicted molar refractivity (Wildman–Crippen MR) is 113 cm³/mol. The maximum atomic E-state index is 13.4. The molecule has 0 fully saturated rings. The fourth-order valence-corrected chi connectivity index (χ4v) is 5.36. The van der Waals surface area contributed by atoms with Crippen molar-refractivity contribution in [2.24, 2.45) is 10.9 Å². The Bertz CT molecular complexity index is 1010. The lowest BCUT2D eigenvalue weighted by molar-refractivity contribution is -0.143. The highest BCUT2D eigenvalue weighted by atomic mass is 32.1. The number of ketones is 1. The molecule has 1 aromatic heterocycles. The van der Waals surface area contributed by atoms with Crippen LogP contribution in [0.4, 0.5) is 0 Å². The molecule has 1 aliphatic heterocycles. The topological polar surface area (TPSA) is 65.0 Å². The lowest BCUT2D eigenvalue weighted by Gasteiger charge is -2.35.